The molecule has 1 aliphatic carbocycles. The quantitative estimate of drug-likeness (QED) is 0.130. The van der Waals surface area contributed by atoms with E-state index in [2.05, 4.69) is 170 Å². The Morgan fingerprint density at radius 1 is 0.635 bits per heavy atom. The number of aromatic nitrogens is 1. The summed E-state index contributed by atoms with van der Waals surface area (Å²) in [6, 6.07) is 55.6. The Morgan fingerprint density at radius 2 is 1.38 bits per heavy atom. The fourth-order valence-corrected chi connectivity index (χ4v) is 7.51. The van der Waals surface area contributed by atoms with Gasteiger partial charge in [-0.05, 0) is 73.0 Å². The predicted octanol–water partition coefficient (Wildman–Crippen LogP) is 9.95. The number of anilines is 2. The van der Waals surface area contributed by atoms with Crippen molar-refractivity contribution in [1.82, 2.24) is 4.98 Å². The minimum atomic E-state index is 0. The Labute approximate surface area is 322 Å². The largest absolute Gasteiger partial charge is 3.00 e. The second-order valence-corrected chi connectivity index (χ2v) is 13.7. The number of benzene rings is 6. The molecular weight excluding hydrogens is 810 g/mol. The summed E-state index contributed by atoms with van der Waals surface area (Å²) in [6.45, 7) is 6.47. The first-order valence-electron chi connectivity index (χ1n) is 17.6. The molecule has 0 bridgehead atoms. The second kappa shape index (κ2) is 14.8. The van der Waals surface area contributed by atoms with Gasteiger partial charge in [-0.25, -0.2) is 11.1 Å². The molecule has 9 rings (SSSR count). The predicted molar refractivity (Wildman–Crippen MR) is 215 cm³/mol. The van der Waals surface area contributed by atoms with Crippen LogP contribution in [0.3, 0.4) is 0 Å². The maximum Gasteiger partial charge on any atom is 3.00 e. The van der Waals surface area contributed by atoms with Crippen LogP contribution in [0.15, 0.2) is 134 Å². The third-order valence-corrected chi connectivity index (χ3v) is 10.2. The van der Waals surface area contributed by atoms with Gasteiger partial charge in [0.05, 0.1) is 0 Å². The minimum Gasteiger partial charge on any atom is -0.393 e. The van der Waals surface area contributed by atoms with Gasteiger partial charge in [0.1, 0.15) is 0 Å². The summed E-state index contributed by atoms with van der Waals surface area (Å²) in [7, 11) is 4.38. The molecule has 7 aromatic rings. The fraction of sp³-hybridized carbons (Fsp3) is 0.128. The SMILES string of the molecule is Cc1c[c-]c(-c2[c-]ccc3c2Cc2ccccc2-3)cc1-c1ccc2c(c1)N(C)B(c1ccccc1)N2C.Cc1c[c-]c(-c2ccc(C)cn2)cc1.[Ir+3]. The minimum absolute atomic E-state index is 0. The summed E-state index contributed by atoms with van der Waals surface area (Å²) in [5, 5.41) is 0. The summed E-state index contributed by atoms with van der Waals surface area (Å²) in [6.07, 6.45) is 2.83. The van der Waals surface area contributed by atoms with Gasteiger partial charge in [-0.3, -0.25) is 0 Å². The summed E-state index contributed by atoms with van der Waals surface area (Å²) in [5.41, 5.74) is 19.7. The van der Waals surface area contributed by atoms with Crippen molar-refractivity contribution in [2.24, 2.45) is 0 Å². The average Bonchev–Trinajstić information content (AvgIpc) is 3.67. The molecule has 0 radical (unpaired) electrons. The number of aryl methyl sites for hydroxylation is 3. The van der Waals surface area contributed by atoms with Crippen LogP contribution in [0.1, 0.15) is 27.8 Å². The van der Waals surface area contributed by atoms with Crippen LogP contribution in [0, 0.1) is 39.0 Å². The van der Waals surface area contributed by atoms with Gasteiger partial charge in [0.15, 0.2) is 0 Å². The zero-order valence-electron chi connectivity index (χ0n) is 30.2. The molecule has 6 aromatic carbocycles. The van der Waals surface area contributed by atoms with E-state index < -0.39 is 0 Å². The van der Waals surface area contributed by atoms with E-state index in [0.29, 0.717) is 0 Å². The first kappa shape index (κ1) is 35.2. The molecule has 2 heterocycles. The van der Waals surface area contributed by atoms with Gasteiger partial charge >= 0.3 is 27.1 Å². The Bertz CT molecular complexity index is 2310. The summed E-state index contributed by atoms with van der Waals surface area (Å²) in [5.74, 6) is 0. The zero-order valence-corrected chi connectivity index (χ0v) is 32.6. The third kappa shape index (κ3) is 6.63. The van der Waals surface area contributed by atoms with E-state index in [0.717, 1.165) is 28.8 Å². The maximum absolute atomic E-state index is 4.35. The van der Waals surface area contributed by atoms with E-state index in [1.165, 1.54) is 66.9 Å². The van der Waals surface area contributed by atoms with Gasteiger partial charge < -0.3 is 14.6 Å². The van der Waals surface area contributed by atoms with Gasteiger partial charge in [-0.15, -0.1) is 58.1 Å². The standard InChI is InChI=1S/C34H27BN2.C13H12N.Ir/c1-23-16-17-25(29-14-9-15-30-28-13-8-7-10-24(28)21-32(29)30)20-31(23)26-18-19-33-34(22-26)37(3)35(36(33)2)27-11-5-4-6-12-27;1-10-3-6-12(7-4-10)13-8-5-11(2)9-14-13;/h4-13,15-16,18-20,22H,21H2,1-3H3;3-6,8-9H,1-2H3;/q-2;-1;+3. The molecule has 0 unspecified atom stereocenters. The van der Waals surface area contributed by atoms with Crippen LogP contribution < -0.4 is 15.1 Å². The van der Waals surface area contributed by atoms with Crippen molar-refractivity contribution < 1.29 is 20.1 Å². The van der Waals surface area contributed by atoms with Crippen LogP contribution in [-0.2, 0) is 26.5 Å². The first-order valence-corrected chi connectivity index (χ1v) is 17.6. The van der Waals surface area contributed by atoms with E-state index in [1.807, 2.05) is 31.3 Å². The molecule has 0 saturated carbocycles. The van der Waals surface area contributed by atoms with Gasteiger partial charge in [0.2, 0.25) is 0 Å². The van der Waals surface area contributed by atoms with Crippen molar-refractivity contribution in [1.29, 1.82) is 0 Å². The molecule has 2 aliphatic rings. The molecule has 1 aromatic heterocycles. The fourth-order valence-electron chi connectivity index (χ4n) is 7.51. The van der Waals surface area contributed by atoms with Crippen molar-refractivity contribution in [3.63, 3.8) is 0 Å². The summed E-state index contributed by atoms with van der Waals surface area (Å²) >= 11 is 0. The average molecular weight is 849 g/mol. The van der Waals surface area contributed by atoms with Crippen molar-refractivity contribution >= 4 is 23.8 Å². The Kier molecular flexibility index (Phi) is 10.0. The Balaban J connectivity index is 0.000000236. The number of nitrogens with zero attached hydrogens (tertiary/aromatic N) is 3. The van der Waals surface area contributed by atoms with Crippen molar-refractivity contribution in [2.75, 3.05) is 23.7 Å². The molecule has 3 nitrogen and oxygen atoms in total. The van der Waals surface area contributed by atoms with Crippen LogP contribution in [0.25, 0.3) is 44.6 Å². The van der Waals surface area contributed by atoms with E-state index in [9.17, 15) is 0 Å². The molecule has 0 atom stereocenters. The molecule has 254 valence electrons. The number of pyridine rings is 1. The molecule has 0 saturated heterocycles. The van der Waals surface area contributed by atoms with Crippen LogP contribution in [0.4, 0.5) is 11.4 Å². The first-order chi connectivity index (χ1) is 24.9. The number of fused-ring (bicyclic) bond motifs is 4. The number of hydrogen-bond donors (Lipinski definition) is 0. The Hall–Kier alpha value is -5.22. The zero-order chi connectivity index (χ0) is 35.1. The molecule has 0 fully saturated rings. The smallest absolute Gasteiger partial charge is 0.393 e. The number of hydrogen-bond acceptors (Lipinski definition) is 3. The molecule has 0 N–H and O–H groups in total. The van der Waals surface area contributed by atoms with Crippen molar-refractivity contribution in [3.8, 4) is 44.6 Å². The number of rotatable bonds is 4. The molecule has 0 amide bonds. The van der Waals surface area contributed by atoms with Gasteiger partial charge in [-0.1, -0.05) is 86.6 Å². The van der Waals surface area contributed by atoms with Crippen molar-refractivity contribution in [3.05, 3.63) is 180 Å². The maximum atomic E-state index is 4.35. The van der Waals surface area contributed by atoms with Gasteiger partial charge in [-0.2, -0.15) is 35.9 Å². The Morgan fingerprint density at radius 3 is 2.15 bits per heavy atom. The van der Waals surface area contributed by atoms with E-state index in [-0.39, 0.29) is 27.1 Å². The second-order valence-electron chi connectivity index (χ2n) is 13.7. The van der Waals surface area contributed by atoms with Crippen LogP contribution in [0.5, 0.6) is 0 Å². The van der Waals surface area contributed by atoms with Gasteiger partial charge in [0.25, 0.3) is 0 Å². The van der Waals surface area contributed by atoms with Crippen LogP contribution in [-0.4, -0.2) is 26.1 Å². The third-order valence-electron chi connectivity index (χ3n) is 10.2. The topological polar surface area (TPSA) is 19.4 Å². The van der Waals surface area contributed by atoms with E-state index in [1.54, 1.807) is 0 Å². The normalized spacial score (nSPS) is 12.4. The summed E-state index contributed by atoms with van der Waals surface area (Å²) in [4.78, 5) is 9.10. The summed E-state index contributed by atoms with van der Waals surface area (Å²) < 4.78 is 0. The van der Waals surface area contributed by atoms with Crippen LogP contribution in [0.2, 0.25) is 0 Å². The van der Waals surface area contributed by atoms with Gasteiger partial charge in [0, 0.05) is 17.6 Å². The monoisotopic (exact) mass is 849 g/mol. The molecule has 52 heavy (non-hydrogen) atoms. The molecule has 0 spiro atoms. The van der Waals surface area contributed by atoms with E-state index >= 15 is 0 Å². The molecule has 1 aliphatic heterocycles. The van der Waals surface area contributed by atoms with E-state index in [4.69, 9.17) is 0 Å². The molecule has 5 heteroatoms. The van der Waals surface area contributed by atoms with Crippen molar-refractivity contribution in [2.45, 2.75) is 27.2 Å². The molecular formula is C47H39BIrN3. The van der Waals surface area contributed by atoms with Crippen LogP contribution >= 0.6 is 0 Å².